The molecule has 1 heterocycles. The molecule has 0 atom stereocenters. The molecule has 0 unspecified atom stereocenters. The van der Waals surface area contributed by atoms with Gasteiger partial charge in [-0.25, -0.2) is 0 Å². The number of halogens is 1. The third kappa shape index (κ3) is 3.27. The SMILES string of the molecule is CN(Cc1csc(Br)c1)S(=O)(=O)NC1CC1. The zero-order valence-electron chi connectivity index (χ0n) is 8.81. The molecule has 0 aliphatic heterocycles. The minimum absolute atomic E-state index is 0.154. The Kier molecular flexibility index (Phi) is 3.70. The van der Waals surface area contributed by atoms with Crippen LogP contribution in [0.4, 0.5) is 0 Å². The Hall–Kier alpha value is 0.0500. The molecule has 1 N–H and O–H groups in total. The van der Waals surface area contributed by atoms with Gasteiger partial charge in [0.1, 0.15) is 0 Å². The second-order valence-corrected chi connectivity index (χ2v) is 8.01. The fraction of sp³-hybridized carbons (Fsp3) is 0.556. The van der Waals surface area contributed by atoms with Gasteiger partial charge in [-0.05, 0) is 45.8 Å². The summed E-state index contributed by atoms with van der Waals surface area (Å²) in [6.45, 7) is 0.407. The van der Waals surface area contributed by atoms with E-state index in [0.29, 0.717) is 6.54 Å². The van der Waals surface area contributed by atoms with E-state index >= 15 is 0 Å². The highest BCUT2D eigenvalue weighted by molar-refractivity contribution is 9.11. The summed E-state index contributed by atoms with van der Waals surface area (Å²) >= 11 is 4.92. The first-order valence-corrected chi connectivity index (χ1v) is 8.05. The molecule has 1 aromatic heterocycles. The lowest BCUT2D eigenvalue weighted by atomic mass is 10.3. The Morgan fingerprint density at radius 1 is 1.62 bits per heavy atom. The molecule has 7 heteroatoms. The number of nitrogens with zero attached hydrogens (tertiary/aromatic N) is 1. The Bertz CT molecular complexity index is 468. The lowest BCUT2D eigenvalue weighted by Crippen LogP contribution is -2.38. The van der Waals surface area contributed by atoms with Crippen LogP contribution in [0.5, 0.6) is 0 Å². The summed E-state index contributed by atoms with van der Waals surface area (Å²) in [5, 5.41) is 1.95. The molecule has 0 bridgehead atoms. The van der Waals surface area contributed by atoms with E-state index in [2.05, 4.69) is 20.7 Å². The fourth-order valence-corrected chi connectivity index (χ4v) is 3.63. The van der Waals surface area contributed by atoms with Crippen LogP contribution in [0.3, 0.4) is 0 Å². The number of hydrogen-bond donors (Lipinski definition) is 1. The van der Waals surface area contributed by atoms with E-state index in [1.54, 1.807) is 18.4 Å². The number of hydrogen-bond acceptors (Lipinski definition) is 3. The van der Waals surface area contributed by atoms with Crippen LogP contribution in [-0.2, 0) is 16.8 Å². The highest BCUT2D eigenvalue weighted by Gasteiger charge is 2.29. The summed E-state index contributed by atoms with van der Waals surface area (Å²) in [5.74, 6) is 0. The summed E-state index contributed by atoms with van der Waals surface area (Å²) in [6, 6.07) is 2.09. The van der Waals surface area contributed by atoms with Crippen molar-refractivity contribution >= 4 is 37.5 Å². The normalized spacial score (nSPS) is 16.9. The van der Waals surface area contributed by atoms with Crippen molar-refractivity contribution < 1.29 is 8.42 Å². The maximum Gasteiger partial charge on any atom is 0.279 e. The van der Waals surface area contributed by atoms with Crippen LogP contribution in [-0.4, -0.2) is 25.8 Å². The molecule has 0 aromatic carbocycles. The molecule has 1 fully saturated rings. The van der Waals surface area contributed by atoms with Crippen molar-refractivity contribution in [3.05, 3.63) is 20.8 Å². The zero-order valence-corrected chi connectivity index (χ0v) is 12.0. The van der Waals surface area contributed by atoms with Gasteiger partial charge in [0, 0.05) is 19.6 Å². The Morgan fingerprint density at radius 3 is 2.81 bits per heavy atom. The van der Waals surface area contributed by atoms with Crippen LogP contribution in [0.15, 0.2) is 15.2 Å². The Balaban J connectivity index is 1.98. The maximum atomic E-state index is 11.8. The largest absolute Gasteiger partial charge is 0.279 e. The molecule has 4 nitrogen and oxygen atoms in total. The van der Waals surface area contributed by atoms with E-state index in [-0.39, 0.29) is 6.04 Å². The van der Waals surface area contributed by atoms with E-state index in [4.69, 9.17) is 0 Å². The number of nitrogens with one attached hydrogen (secondary N) is 1. The van der Waals surface area contributed by atoms with Crippen LogP contribution in [0.25, 0.3) is 0 Å². The van der Waals surface area contributed by atoms with E-state index in [1.165, 1.54) is 4.31 Å². The smallest absolute Gasteiger partial charge is 0.199 e. The molecule has 0 amide bonds. The monoisotopic (exact) mass is 324 g/mol. The number of rotatable bonds is 5. The highest BCUT2D eigenvalue weighted by atomic mass is 79.9. The van der Waals surface area contributed by atoms with Crippen molar-refractivity contribution in [1.82, 2.24) is 9.03 Å². The summed E-state index contributed by atoms with van der Waals surface area (Å²) in [6.07, 6.45) is 1.91. The standard InChI is InChI=1S/C9H13BrN2O2S2/c1-12(5-7-4-9(10)15-6-7)16(13,14)11-8-2-3-8/h4,6,8,11H,2-3,5H2,1H3. The highest BCUT2D eigenvalue weighted by Crippen LogP contribution is 2.23. The average Bonchev–Trinajstić information content (AvgIpc) is 2.88. The molecule has 0 spiro atoms. The average molecular weight is 325 g/mol. The van der Waals surface area contributed by atoms with Gasteiger partial charge in [-0.1, -0.05) is 0 Å². The molecule has 2 rings (SSSR count). The van der Waals surface area contributed by atoms with Gasteiger partial charge in [0.05, 0.1) is 3.79 Å². The van der Waals surface area contributed by atoms with Crippen LogP contribution in [0.1, 0.15) is 18.4 Å². The van der Waals surface area contributed by atoms with E-state index in [0.717, 1.165) is 22.2 Å². The predicted molar refractivity (Wildman–Crippen MR) is 68.6 cm³/mol. The lowest BCUT2D eigenvalue weighted by Gasteiger charge is -2.16. The van der Waals surface area contributed by atoms with Gasteiger partial charge in [-0.3, -0.25) is 0 Å². The molecule has 0 radical (unpaired) electrons. The minimum Gasteiger partial charge on any atom is -0.199 e. The first-order valence-electron chi connectivity index (χ1n) is 4.94. The van der Waals surface area contributed by atoms with Gasteiger partial charge in [0.2, 0.25) is 0 Å². The van der Waals surface area contributed by atoms with Crippen molar-refractivity contribution in [2.24, 2.45) is 0 Å². The molecule has 1 aliphatic carbocycles. The Morgan fingerprint density at radius 2 is 2.31 bits per heavy atom. The van der Waals surface area contributed by atoms with Crippen LogP contribution >= 0.6 is 27.3 Å². The molecular formula is C9H13BrN2O2S2. The van der Waals surface area contributed by atoms with Gasteiger partial charge in [-0.2, -0.15) is 17.4 Å². The van der Waals surface area contributed by atoms with Gasteiger partial charge in [0.25, 0.3) is 10.2 Å². The van der Waals surface area contributed by atoms with E-state index in [1.807, 2.05) is 11.4 Å². The van der Waals surface area contributed by atoms with Gasteiger partial charge in [-0.15, -0.1) is 11.3 Å². The molecule has 1 aliphatic rings. The Labute approximate surface area is 108 Å². The first-order chi connectivity index (χ1) is 7.47. The van der Waals surface area contributed by atoms with E-state index < -0.39 is 10.2 Å². The summed E-state index contributed by atoms with van der Waals surface area (Å²) in [7, 11) is -1.72. The lowest BCUT2D eigenvalue weighted by molar-refractivity contribution is 0.455. The summed E-state index contributed by atoms with van der Waals surface area (Å²) < 4.78 is 28.6. The third-order valence-corrected chi connectivity index (χ3v) is 5.46. The second kappa shape index (κ2) is 4.73. The predicted octanol–water partition coefficient (Wildman–Crippen LogP) is 1.94. The third-order valence-electron chi connectivity index (χ3n) is 2.33. The van der Waals surface area contributed by atoms with Gasteiger partial charge >= 0.3 is 0 Å². The molecular weight excluding hydrogens is 312 g/mol. The zero-order chi connectivity index (χ0) is 11.8. The van der Waals surface area contributed by atoms with Crippen LogP contribution in [0, 0.1) is 0 Å². The fourth-order valence-electron chi connectivity index (χ4n) is 1.27. The van der Waals surface area contributed by atoms with Crippen LogP contribution < -0.4 is 4.72 Å². The van der Waals surface area contributed by atoms with Crippen molar-refractivity contribution in [3.63, 3.8) is 0 Å². The van der Waals surface area contributed by atoms with E-state index in [9.17, 15) is 8.42 Å². The first kappa shape index (κ1) is 12.5. The van der Waals surface area contributed by atoms with Crippen molar-refractivity contribution in [2.75, 3.05) is 7.05 Å². The van der Waals surface area contributed by atoms with Crippen molar-refractivity contribution in [1.29, 1.82) is 0 Å². The molecule has 1 saturated carbocycles. The van der Waals surface area contributed by atoms with Gasteiger partial charge in [0.15, 0.2) is 0 Å². The topological polar surface area (TPSA) is 49.4 Å². The van der Waals surface area contributed by atoms with Gasteiger partial charge < -0.3 is 0 Å². The molecule has 0 saturated heterocycles. The van der Waals surface area contributed by atoms with Crippen molar-refractivity contribution in [3.8, 4) is 0 Å². The summed E-state index contributed by atoms with van der Waals surface area (Å²) in [4.78, 5) is 0. The van der Waals surface area contributed by atoms with Crippen LogP contribution in [0.2, 0.25) is 0 Å². The number of thiophene rings is 1. The maximum absolute atomic E-state index is 11.8. The molecule has 16 heavy (non-hydrogen) atoms. The quantitative estimate of drug-likeness (QED) is 0.899. The molecule has 1 aromatic rings. The van der Waals surface area contributed by atoms with Crippen molar-refractivity contribution in [2.45, 2.75) is 25.4 Å². The minimum atomic E-state index is -3.31. The summed E-state index contributed by atoms with van der Waals surface area (Å²) in [5.41, 5.74) is 1.00. The second-order valence-electron chi connectivity index (χ2n) is 3.91. The molecule has 90 valence electrons.